The van der Waals surface area contributed by atoms with Gasteiger partial charge >= 0.3 is 12.1 Å². The molecule has 1 heterocycles. The number of hydrogen-bond donors (Lipinski definition) is 1. The van der Waals surface area contributed by atoms with Gasteiger partial charge in [-0.05, 0) is 39.5 Å². The van der Waals surface area contributed by atoms with Crippen LogP contribution in [0.25, 0.3) is 0 Å². The fourth-order valence-corrected chi connectivity index (χ4v) is 2.09. The van der Waals surface area contributed by atoms with E-state index in [0.717, 1.165) is 12.8 Å². The second kappa shape index (κ2) is 4.94. The van der Waals surface area contributed by atoms with Gasteiger partial charge in [-0.3, -0.25) is 4.90 Å². The maximum Gasteiger partial charge on any atom is 0.411 e. The molecule has 0 unspecified atom stereocenters. The number of aliphatic carboxylic acids is 1. The molecule has 0 spiro atoms. The maximum atomic E-state index is 11.9. The van der Waals surface area contributed by atoms with Crippen molar-refractivity contribution < 1.29 is 19.4 Å². The average Bonchev–Trinajstić information content (AvgIpc) is 2.13. The number of carboxylic acid groups (broad SMARTS) is 1. The molecule has 5 heteroatoms. The molecule has 1 saturated heterocycles. The van der Waals surface area contributed by atoms with Crippen molar-refractivity contribution in [2.75, 3.05) is 6.54 Å². The molecule has 0 aromatic rings. The van der Waals surface area contributed by atoms with E-state index in [1.54, 1.807) is 20.8 Å². The number of carbonyl (C=O) groups excluding carboxylic acids is 1. The molecule has 1 fully saturated rings. The van der Waals surface area contributed by atoms with Crippen LogP contribution < -0.4 is 0 Å². The first-order chi connectivity index (χ1) is 7.72. The van der Waals surface area contributed by atoms with Crippen LogP contribution in [0.15, 0.2) is 0 Å². The van der Waals surface area contributed by atoms with E-state index in [9.17, 15) is 14.7 Å². The zero-order chi connectivity index (χ0) is 13.2. The van der Waals surface area contributed by atoms with E-state index >= 15 is 0 Å². The van der Waals surface area contributed by atoms with Gasteiger partial charge in [0, 0.05) is 6.54 Å². The van der Waals surface area contributed by atoms with Gasteiger partial charge in [0.2, 0.25) is 0 Å². The molecule has 1 aliphatic rings. The molecular weight excluding hydrogens is 222 g/mol. The van der Waals surface area contributed by atoms with Crippen molar-refractivity contribution in [2.24, 2.45) is 5.92 Å². The Morgan fingerprint density at radius 1 is 1.35 bits per heavy atom. The number of piperidine rings is 1. The Morgan fingerprint density at radius 2 is 1.94 bits per heavy atom. The van der Waals surface area contributed by atoms with Gasteiger partial charge in [0.1, 0.15) is 11.6 Å². The normalized spacial score (nSPS) is 25.5. The van der Waals surface area contributed by atoms with Gasteiger partial charge in [0.25, 0.3) is 0 Å². The molecule has 0 aliphatic carbocycles. The van der Waals surface area contributed by atoms with E-state index in [1.807, 2.05) is 6.92 Å². The molecule has 5 nitrogen and oxygen atoms in total. The molecule has 1 rings (SSSR count). The minimum atomic E-state index is -0.956. The Morgan fingerprint density at radius 3 is 2.41 bits per heavy atom. The summed E-state index contributed by atoms with van der Waals surface area (Å²) in [5.41, 5.74) is -0.596. The Labute approximate surface area is 102 Å². The molecular formula is C12H21NO4. The van der Waals surface area contributed by atoms with Crippen LogP contribution in [0.3, 0.4) is 0 Å². The predicted octanol–water partition coefficient (Wildman–Crippen LogP) is 2.11. The summed E-state index contributed by atoms with van der Waals surface area (Å²) >= 11 is 0. The van der Waals surface area contributed by atoms with E-state index in [1.165, 1.54) is 4.90 Å². The third-order valence-corrected chi connectivity index (χ3v) is 2.81. The quantitative estimate of drug-likeness (QED) is 0.766. The molecule has 0 saturated carbocycles. The van der Waals surface area contributed by atoms with Crippen molar-refractivity contribution in [2.45, 2.75) is 52.2 Å². The standard InChI is InChI=1S/C12H21NO4/c1-8-6-5-7-13(9(8)10(14)15)11(16)17-12(2,3)4/h8-9H,5-7H2,1-4H3,(H,14,15)/t8-,9-/m1/s1. The highest BCUT2D eigenvalue weighted by Crippen LogP contribution is 2.25. The third kappa shape index (κ3) is 3.61. The first kappa shape index (κ1) is 13.8. The van der Waals surface area contributed by atoms with Crippen molar-refractivity contribution in [3.8, 4) is 0 Å². The van der Waals surface area contributed by atoms with Crippen LogP contribution in [0.5, 0.6) is 0 Å². The summed E-state index contributed by atoms with van der Waals surface area (Å²) in [6.07, 6.45) is 1.12. The van der Waals surface area contributed by atoms with Gasteiger partial charge < -0.3 is 9.84 Å². The van der Waals surface area contributed by atoms with E-state index in [0.29, 0.717) is 6.54 Å². The zero-order valence-corrected chi connectivity index (χ0v) is 10.9. The minimum absolute atomic E-state index is 0.0335. The number of carbonyl (C=O) groups is 2. The van der Waals surface area contributed by atoms with Gasteiger partial charge in [0.05, 0.1) is 0 Å². The number of carboxylic acids is 1. The van der Waals surface area contributed by atoms with E-state index < -0.39 is 23.7 Å². The van der Waals surface area contributed by atoms with Gasteiger partial charge in [-0.15, -0.1) is 0 Å². The predicted molar refractivity (Wildman–Crippen MR) is 62.8 cm³/mol. The largest absolute Gasteiger partial charge is 0.480 e. The molecule has 0 aromatic carbocycles. The summed E-state index contributed by atoms with van der Waals surface area (Å²) < 4.78 is 5.23. The second-order valence-electron chi connectivity index (χ2n) is 5.58. The molecule has 98 valence electrons. The SMILES string of the molecule is C[C@@H]1CCCN(C(=O)OC(C)(C)C)[C@H]1C(=O)O. The molecule has 17 heavy (non-hydrogen) atoms. The van der Waals surface area contributed by atoms with Crippen LogP contribution in [0.4, 0.5) is 4.79 Å². The lowest BCUT2D eigenvalue weighted by molar-refractivity contribution is -0.146. The molecule has 2 atom stereocenters. The van der Waals surface area contributed by atoms with Gasteiger partial charge in [-0.1, -0.05) is 6.92 Å². The highest BCUT2D eigenvalue weighted by atomic mass is 16.6. The number of likely N-dealkylation sites (tertiary alicyclic amines) is 1. The number of nitrogens with zero attached hydrogens (tertiary/aromatic N) is 1. The lowest BCUT2D eigenvalue weighted by atomic mass is 9.91. The summed E-state index contributed by atoms with van der Waals surface area (Å²) in [5, 5.41) is 9.18. The summed E-state index contributed by atoms with van der Waals surface area (Å²) in [7, 11) is 0. The molecule has 1 amide bonds. The molecule has 0 radical (unpaired) electrons. The average molecular weight is 243 g/mol. The van der Waals surface area contributed by atoms with Gasteiger partial charge in [-0.25, -0.2) is 9.59 Å². The zero-order valence-electron chi connectivity index (χ0n) is 10.9. The second-order valence-corrected chi connectivity index (χ2v) is 5.58. The van der Waals surface area contributed by atoms with Crippen molar-refractivity contribution in [1.82, 2.24) is 4.90 Å². The Bertz CT molecular complexity index is 308. The van der Waals surface area contributed by atoms with Crippen molar-refractivity contribution in [1.29, 1.82) is 0 Å². The maximum absolute atomic E-state index is 11.9. The van der Waals surface area contributed by atoms with Crippen LogP contribution in [0.1, 0.15) is 40.5 Å². The van der Waals surface area contributed by atoms with Crippen LogP contribution in [0, 0.1) is 5.92 Å². The van der Waals surface area contributed by atoms with Crippen LogP contribution in [-0.2, 0) is 9.53 Å². The summed E-state index contributed by atoms with van der Waals surface area (Å²) in [4.78, 5) is 24.4. The number of amides is 1. The first-order valence-corrected chi connectivity index (χ1v) is 5.95. The number of rotatable bonds is 1. The Kier molecular flexibility index (Phi) is 4.01. The fourth-order valence-electron chi connectivity index (χ4n) is 2.09. The van der Waals surface area contributed by atoms with Crippen LogP contribution in [-0.4, -0.2) is 40.3 Å². The summed E-state index contributed by atoms with van der Waals surface area (Å²) in [6.45, 7) is 7.63. The highest BCUT2D eigenvalue weighted by molar-refractivity contribution is 5.80. The molecule has 0 bridgehead atoms. The highest BCUT2D eigenvalue weighted by Gasteiger charge is 2.38. The third-order valence-electron chi connectivity index (χ3n) is 2.81. The van der Waals surface area contributed by atoms with Crippen molar-refractivity contribution in [3.05, 3.63) is 0 Å². The number of hydrogen-bond acceptors (Lipinski definition) is 3. The Balaban J connectivity index is 2.79. The van der Waals surface area contributed by atoms with Gasteiger partial charge in [-0.2, -0.15) is 0 Å². The topological polar surface area (TPSA) is 66.8 Å². The van der Waals surface area contributed by atoms with Crippen molar-refractivity contribution >= 4 is 12.1 Å². The molecule has 1 N–H and O–H groups in total. The summed E-state index contributed by atoms with van der Waals surface area (Å²) in [5.74, 6) is -0.989. The Hall–Kier alpha value is -1.26. The minimum Gasteiger partial charge on any atom is -0.480 e. The lowest BCUT2D eigenvalue weighted by Crippen LogP contribution is -2.53. The summed E-state index contributed by atoms with van der Waals surface area (Å²) in [6, 6.07) is -0.765. The fraction of sp³-hybridized carbons (Fsp3) is 0.833. The molecule has 0 aromatic heterocycles. The molecule has 1 aliphatic heterocycles. The van der Waals surface area contributed by atoms with E-state index in [-0.39, 0.29) is 5.92 Å². The van der Waals surface area contributed by atoms with Crippen LogP contribution in [0.2, 0.25) is 0 Å². The monoisotopic (exact) mass is 243 g/mol. The number of ether oxygens (including phenoxy) is 1. The smallest absolute Gasteiger partial charge is 0.411 e. The lowest BCUT2D eigenvalue weighted by Gasteiger charge is -2.37. The van der Waals surface area contributed by atoms with E-state index in [4.69, 9.17) is 4.74 Å². The van der Waals surface area contributed by atoms with Crippen molar-refractivity contribution in [3.63, 3.8) is 0 Å². The van der Waals surface area contributed by atoms with Gasteiger partial charge in [0.15, 0.2) is 0 Å². The van der Waals surface area contributed by atoms with Crippen LogP contribution >= 0.6 is 0 Å². The van der Waals surface area contributed by atoms with E-state index in [2.05, 4.69) is 0 Å². The first-order valence-electron chi connectivity index (χ1n) is 5.95.